The quantitative estimate of drug-likeness (QED) is 0.611. The summed E-state index contributed by atoms with van der Waals surface area (Å²) in [6.45, 7) is 8.74. The van der Waals surface area contributed by atoms with Crippen LogP contribution in [0.4, 0.5) is 0 Å². The van der Waals surface area contributed by atoms with E-state index in [4.69, 9.17) is 9.47 Å². The molecule has 0 aromatic carbocycles. The molecule has 0 aromatic heterocycles. The minimum Gasteiger partial charge on any atom is -0.375 e. The normalized spacial score (nSPS) is 21.3. The number of allylic oxidation sites excluding steroid dienone is 1. The lowest BCUT2D eigenvalue weighted by Gasteiger charge is -2.40. The van der Waals surface area contributed by atoms with Gasteiger partial charge in [-0.25, -0.2) is 0 Å². The molecule has 0 spiro atoms. The molecule has 1 rings (SSSR count). The van der Waals surface area contributed by atoms with E-state index in [1.165, 1.54) is 5.57 Å². The maximum atomic E-state index is 5.82. The zero-order valence-corrected chi connectivity index (χ0v) is 8.93. The van der Waals surface area contributed by atoms with Crippen molar-refractivity contribution in [1.82, 2.24) is 0 Å². The van der Waals surface area contributed by atoms with E-state index in [2.05, 4.69) is 26.8 Å². The second-order valence-electron chi connectivity index (χ2n) is 3.76. The van der Waals surface area contributed by atoms with Crippen molar-refractivity contribution in [3.05, 3.63) is 11.6 Å². The molecule has 0 unspecified atom stereocenters. The van der Waals surface area contributed by atoms with Gasteiger partial charge in [0.05, 0.1) is 19.8 Å². The van der Waals surface area contributed by atoms with E-state index in [9.17, 15) is 0 Å². The Morgan fingerprint density at radius 2 is 2.23 bits per heavy atom. The molecule has 2 nitrogen and oxygen atoms in total. The summed E-state index contributed by atoms with van der Waals surface area (Å²) in [7, 11) is 0. The highest BCUT2D eigenvalue weighted by molar-refractivity contribution is 4.95. The van der Waals surface area contributed by atoms with Gasteiger partial charge in [-0.15, -0.1) is 0 Å². The van der Waals surface area contributed by atoms with Gasteiger partial charge in [0, 0.05) is 0 Å². The summed E-state index contributed by atoms with van der Waals surface area (Å²) in [6, 6.07) is 0. The molecule has 76 valence electrons. The Morgan fingerprint density at radius 1 is 1.54 bits per heavy atom. The standard InChI is InChI=1S/C11H20O2/c1-4-10(3)6-7-13-11(5-2)8-12-9-11/h4H,5-9H2,1-3H3. The lowest BCUT2D eigenvalue weighted by atomic mass is 9.99. The van der Waals surface area contributed by atoms with Crippen molar-refractivity contribution in [2.24, 2.45) is 0 Å². The number of hydrogen-bond acceptors (Lipinski definition) is 2. The van der Waals surface area contributed by atoms with Gasteiger partial charge in [-0.2, -0.15) is 0 Å². The van der Waals surface area contributed by atoms with Crippen LogP contribution in [0.25, 0.3) is 0 Å². The molecule has 13 heavy (non-hydrogen) atoms. The van der Waals surface area contributed by atoms with Gasteiger partial charge >= 0.3 is 0 Å². The molecular formula is C11H20O2. The van der Waals surface area contributed by atoms with Crippen LogP contribution in [0.1, 0.15) is 33.6 Å². The largest absolute Gasteiger partial charge is 0.375 e. The highest BCUT2D eigenvalue weighted by Crippen LogP contribution is 2.25. The average Bonchev–Trinajstić information content (AvgIpc) is 2.09. The van der Waals surface area contributed by atoms with E-state index < -0.39 is 0 Å². The summed E-state index contributed by atoms with van der Waals surface area (Å²) in [5.41, 5.74) is 1.44. The van der Waals surface area contributed by atoms with Gasteiger partial charge in [0.15, 0.2) is 0 Å². The van der Waals surface area contributed by atoms with Crippen LogP contribution in [0.15, 0.2) is 11.6 Å². The molecule has 0 bridgehead atoms. The van der Waals surface area contributed by atoms with Gasteiger partial charge in [0.25, 0.3) is 0 Å². The Balaban J connectivity index is 2.18. The topological polar surface area (TPSA) is 18.5 Å². The van der Waals surface area contributed by atoms with Crippen molar-refractivity contribution in [3.63, 3.8) is 0 Å². The smallest absolute Gasteiger partial charge is 0.114 e. The average molecular weight is 184 g/mol. The van der Waals surface area contributed by atoms with Gasteiger partial charge in [0.2, 0.25) is 0 Å². The highest BCUT2D eigenvalue weighted by atomic mass is 16.6. The van der Waals surface area contributed by atoms with Crippen LogP contribution in [-0.4, -0.2) is 25.4 Å². The fourth-order valence-electron chi connectivity index (χ4n) is 1.29. The van der Waals surface area contributed by atoms with Gasteiger partial charge in [-0.1, -0.05) is 18.6 Å². The van der Waals surface area contributed by atoms with E-state index in [1.54, 1.807) is 0 Å². The first-order valence-electron chi connectivity index (χ1n) is 5.06. The van der Waals surface area contributed by atoms with Crippen LogP contribution in [0.3, 0.4) is 0 Å². The van der Waals surface area contributed by atoms with Gasteiger partial charge in [0.1, 0.15) is 5.60 Å². The Bertz CT molecular complexity index is 175. The van der Waals surface area contributed by atoms with Crippen LogP contribution in [0, 0.1) is 0 Å². The fourth-order valence-corrected chi connectivity index (χ4v) is 1.29. The predicted octanol–water partition coefficient (Wildman–Crippen LogP) is 2.54. The lowest BCUT2D eigenvalue weighted by molar-refractivity contribution is -0.210. The van der Waals surface area contributed by atoms with Gasteiger partial charge in [-0.05, 0) is 26.7 Å². The van der Waals surface area contributed by atoms with E-state index >= 15 is 0 Å². The molecule has 1 saturated heterocycles. The molecule has 2 heteroatoms. The summed E-state index contributed by atoms with van der Waals surface area (Å²) >= 11 is 0. The van der Waals surface area contributed by atoms with Crippen LogP contribution >= 0.6 is 0 Å². The maximum Gasteiger partial charge on any atom is 0.114 e. The third-order valence-electron chi connectivity index (χ3n) is 2.77. The molecule has 0 saturated carbocycles. The minimum absolute atomic E-state index is 0.0496. The number of ether oxygens (including phenoxy) is 2. The van der Waals surface area contributed by atoms with E-state index in [-0.39, 0.29) is 5.60 Å². The van der Waals surface area contributed by atoms with Crippen LogP contribution in [-0.2, 0) is 9.47 Å². The first-order chi connectivity index (χ1) is 6.22. The minimum atomic E-state index is 0.0496. The van der Waals surface area contributed by atoms with Crippen molar-refractivity contribution in [1.29, 1.82) is 0 Å². The molecule has 0 atom stereocenters. The third-order valence-corrected chi connectivity index (χ3v) is 2.77. The second kappa shape index (κ2) is 4.77. The van der Waals surface area contributed by atoms with Crippen molar-refractivity contribution in [3.8, 4) is 0 Å². The van der Waals surface area contributed by atoms with Crippen LogP contribution < -0.4 is 0 Å². The van der Waals surface area contributed by atoms with E-state index in [1.807, 2.05) is 0 Å². The van der Waals surface area contributed by atoms with Crippen molar-refractivity contribution in [2.45, 2.75) is 39.2 Å². The first kappa shape index (κ1) is 10.7. The Kier molecular flexibility index (Phi) is 3.94. The molecule has 1 heterocycles. The molecule has 1 fully saturated rings. The van der Waals surface area contributed by atoms with E-state index in [0.717, 1.165) is 32.7 Å². The summed E-state index contributed by atoms with van der Waals surface area (Å²) in [4.78, 5) is 0. The second-order valence-corrected chi connectivity index (χ2v) is 3.76. The molecule has 0 aromatic rings. The van der Waals surface area contributed by atoms with Gasteiger partial charge in [-0.3, -0.25) is 0 Å². The van der Waals surface area contributed by atoms with Crippen molar-refractivity contribution >= 4 is 0 Å². The molecule has 0 radical (unpaired) electrons. The van der Waals surface area contributed by atoms with Crippen molar-refractivity contribution < 1.29 is 9.47 Å². The Morgan fingerprint density at radius 3 is 2.62 bits per heavy atom. The Hall–Kier alpha value is -0.340. The molecular weight excluding hydrogens is 164 g/mol. The highest BCUT2D eigenvalue weighted by Gasteiger charge is 2.37. The SMILES string of the molecule is CC=C(C)CCOC1(CC)COC1. The summed E-state index contributed by atoms with van der Waals surface area (Å²) in [5.74, 6) is 0. The summed E-state index contributed by atoms with van der Waals surface area (Å²) in [6.07, 6.45) is 4.24. The zero-order valence-electron chi connectivity index (χ0n) is 8.93. The molecule has 1 aliphatic heterocycles. The van der Waals surface area contributed by atoms with Crippen LogP contribution in [0.5, 0.6) is 0 Å². The molecule has 0 aliphatic carbocycles. The summed E-state index contributed by atoms with van der Waals surface area (Å²) in [5, 5.41) is 0. The van der Waals surface area contributed by atoms with Gasteiger partial charge < -0.3 is 9.47 Å². The number of rotatable bonds is 5. The Labute approximate surface area is 80.9 Å². The zero-order chi connectivity index (χ0) is 9.73. The predicted molar refractivity (Wildman–Crippen MR) is 53.8 cm³/mol. The van der Waals surface area contributed by atoms with E-state index in [0.29, 0.717) is 0 Å². The monoisotopic (exact) mass is 184 g/mol. The molecule has 0 amide bonds. The maximum absolute atomic E-state index is 5.82. The molecule has 1 aliphatic rings. The first-order valence-corrected chi connectivity index (χ1v) is 5.06. The number of hydrogen-bond donors (Lipinski definition) is 0. The van der Waals surface area contributed by atoms with Crippen molar-refractivity contribution in [2.75, 3.05) is 19.8 Å². The molecule has 0 N–H and O–H groups in total. The summed E-state index contributed by atoms with van der Waals surface area (Å²) < 4.78 is 11.0. The third kappa shape index (κ3) is 2.82. The van der Waals surface area contributed by atoms with Crippen LogP contribution in [0.2, 0.25) is 0 Å². The lowest BCUT2D eigenvalue weighted by Crippen LogP contribution is -2.51. The fraction of sp³-hybridized carbons (Fsp3) is 0.818.